The number of piperidine rings is 1. The first-order chi connectivity index (χ1) is 12.2. The SMILES string of the molecule is O=C(Nc1ccn[nH]1)C1CCN(c2ccc3cccc(O)c3n2)CC1. The maximum atomic E-state index is 12.3. The van der Waals surface area contributed by atoms with Crippen molar-refractivity contribution < 1.29 is 9.90 Å². The second kappa shape index (κ2) is 6.43. The minimum Gasteiger partial charge on any atom is -0.506 e. The molecule has 4 rings (SSSR count). The van der Waals surface area contributed by atoms with Crippen molar-refractivity contribution in [3.05, 3.63) is 42.6 Å². The molecule has 25 heavy (non-hydrogen) atoms. The molecular formula is C18H19N5O2. The fraction of sp³-hybridized carbons (Fsp3) is 0.278. The van der Waals surface area contributed by atoms with Crippen LogP contribution in [-0.2, 0) is 4.79 Å². The van der Waals surface area contributed by atoms with Gasteiger partial charge in [0.05, 0.1) is 6.20 Å². The van der Waals surface area contributed by atoms with Crippen LogP contribution in [0.25, 0.3) is 10.9 Å². The topological polar surface area (TPSA) is 94.1 Å². The third-order valence-electron chi connectivity index (χ3n) is 4.63. The van der Waals surface area contributed by atoms with E-state index in [0.717, 1.165) is 37.1 Å². The summed E-state index contributed by atoms with van der Waals surface area (Å²) in [6.07, 6.45) is 3.14. The van der Waals surface area contributed by atoms with E-state index in [4.69, 9.17) is 0 Å². The van der Waals surface area contributed by atoms with Crippen LogP contribution in [-0.4, -0.2) is 39.3 Å². The number of fused-ring (bicyclic) bond motifs is 1. The van der Waals surface area contributed by atoms with Gasteiger partial charge in [-0.3, -0.25) is 9.89 Å². The van der Waals surface area contributed by atoms with Gasteiger partial charge in [-0.25, -0.2) is 4.98 Å². The number of pyridine rings is 1. The molecule has 1 amide bonds. The van der Waals surface area contributed by atoms with Gasteiger partial charge in [-0.05, 0) is 31.0 Å². The summed E-state index contributed by atoms with van der Waals surface area (Å²) in [4.78, 5) is 19.1. The minimum atomic E-state index is -0.0200. The zero-order chi connectivity index (χ0) is 17.2. The number of phenols is 1. The van der Waals surface area contributed by atoms with Gasteiger partial charge >= 0.3 is 0 Å². The summed E-state index contributed by atoms with van der Waals surface area (Å²) in [5, 5.41) is 20.3. The molecule has 1 aliphatic rings. The molecule has 0 radical (unpaired) electrons. The van der Waals surface area contributed by atoms with E-state index in [0.29, 0.717) is 11.3 Å². The highest BCUT2D eigenvalue weighted by Gasteiger charge is 2.26. The Morgan fingerprint density at radius 1 is 1.20 bits per heavy atom. The zero-order valence-electron chi connectivity index (χ0n) is 13.6. The largest absolute Gasteiger partial charge is 0.506 e. The minimum absolute atomic E-state index is 0.0200. The molecule has 1 aromatic carbocycles. The van der Waals surface area contributed by atoms with Crippen molar-refractivity contribution in [1.29, 1.82) is 0 Å². The normalized spacial score (nSPS) is 15.4. The highest BCUT2D eigenvalue weighted by Crippen LogP contribution is 2.28. The van der Waals surface area contributed by atoms with Crippen molar-refractivity contribution in [2.24, 2.45) is 5.92 Å². The average molecular weight is 337 g/mol. The Balaban J connectivity index is 1.43. The Hall–Kier alpha value is -3.09. The van der Waals surface area contributed by atoms with Crippen molar-refractivity contribution in [1.82, 2.24) is 15.2 Å². The first-order valence-electron chi connectivity index (χ1n) is 8.34. The molecule has 0 unspecified atom stereocenters. The van der Waals surface area contributed by atoms with Crippen LogP contribution >= 0.6 is 0 Å². The van der Waals surface area contributed by atoms with E-state index in [2.05, 4.69) is 25.4 Å². The predicted molar refractivity (Wildman–Crippen MR) is 95.6 cm³/mol. The number of hydrogen-bond donors (Lipinski definition) is 3. The zero-order valence-corrected chi connectivity index (χ0v) is 13.6. The Kier molecular flexibility index (Phi) is 3.97. The summed E-state index contributed by atoms with van der Waals surface area (Å²) >= 11 is 0. The number of hydrogen-bond acceptors (Lipinski definition) is 5. The Morgan fingerprint density at radius 2 is 2.04 bits per heavy atom. The molecule has 3 aromatic rings. The monoisotopic (exact) mass is 337 g/mol. The summed E-state index contributed by atoms with van der Waals surface area (Å²) < 4.78 is 0. The van der Waals surface area contributed by atoms with Crippen LogP contribution in [0, 0.1) is 5.92 Å². The first kappa shape index (κ1) is 15.4. The number of carbonyl (C=O) groups is 1. The third kappa shape index (κ3) is 3.13. The molecular weight excluding hydrogens is 318 g/mol. The molecule has 0 bridgehead atoms. The standard InChI is InChI=1S/C18H19N5O2/c24-14-3-1-2-12-4-5-16(21-17(12)14)23-10-7-13(8-11-23)18(25)20-15-6-9-19-22-15/h1-6,9,13,24H,7-8,10-11H2,(H2,19,20,22,25). The lowest BCUT2D eigenvalue weighted by molar-refractivity contribution is -0.120. The van der Waals surface area contributed by atoms with Gasteiger partial charge in [0.2, 0.25) is 5.91 Å². The van der Waals surface area contributed by atoms with Crippen LogP contribution in [0.3, 0.4) is 0 Å². The van der Waals surface area contributed by atoms with E-state index >= 15 is 0 Å². The van der Waals surface area contributed by atoms with E-state index in [9.17, 15) is 9.90 Å². The summed E-state index contributed by atoms with van der Waals surface area (Å²) in [6, 6.07) is 11.0. The highest BCUT2D eigenvalue weighted by atomic mass is 16.3. The molecule has 128 valence electrons. The van der Waals surface area contributed by atoms with Gasteiger partial charge < -0.3 is 15.3 Å². The maximum Gasteiger partial charge on any atom is 0.228 e. The number of benzene rings is 1. The fourth-order valence-electron chi connectivity index (χ4n) is 3.23. The number of aromatic nitrogens is 3. The molecule has 0 aliphatic carbocycles. The Bertz CT molecular complexity index is 886. The molecule has 3 heterocycles. The van der Waals surface area contributed by atoms with E-state index in [1.165, 1.54) is 0 Å². The molecule has 1 fully saturated rings. The first-order valence-corrected chi connectivity index (χ1v) is 8.34. The summed E-state index contributed by atoms with van der Waals surface area (Å²) in [5.74, 6) is 1.65. The predicted octanol–water partition coefficient (Wildman–Crippen LogP) is 2.52. The van der Waals surface area contributed by atoms with Crippen molar-refractivity contribution in [2.75, 3.05) is 23.3 Å². The van der Waals surface area contributed by atoms with Gasteiger partial charge in [0.15, 0.2) is 0 Å². The van der Waals surface area contributed by atoms with Crippen LogP contribution in [0.4, 0.5) is 11.6 Å². The number of para-hydroxylation sites is 1. The number of nitrogens with zero attached hydrogens (tertiary/aromatic N) is 3. The molecule has 7 nitrogen and oxygen atoms in total. The van der Waals surface area contributed by atoms with E-state index < -0.39 is 0 Å². The molecule has 3 N–H and O–H groups in total. The third-order valence-corrected chi connectivity index (χ3v) is 4.63. The van der Waals surface area contributed by atoms with Crippen molar-refractivity contribution in [3.8, 4) is 5.75 Å². The van der Waals surface area contributed by atoms with Gasteiger partial charge in [0.1, 0.15) is 22.9 Å². The van der Waals surface area contributed by atoms with Gasteiger partial charge in [0.25, 0.3) is 0 Å². The number of aromatic amines is 1. The number of amides is 1. The number of nitrogens with one attached hydrogen (secondary N) is 2. The van der Waals surface area contributed by atoms with Crippen LogP contribution in [0.2, 0.25) is 0 Å². The van der Waals surface area contributed by atoms with E-state index in [-0.39, 0.29) is 17.6 Å². The number of carbonyl (C=O) groups excluding carboxylic acids is 1. The van der Waals surface area contributed by atoms with Gasteiger partial charge in [-0.15, -0.1) is 0 Å². The molecule has 7 heteroatoms. The summed E-state index contributed by atoms with van der Waals surface area (Å²) in [6.45, 7) is 1.51. The van der Waals surface area contributed by atoms with Gasteiger partial charge in [-0.1, -0.05) is 12.1 Å². The molecule has 0 spiro atoms. The smallest absolute Gasteiger partial charge is 0.228 e. The quantitative estimate of drug-likeness (QED) is 0.683. The summed E-state index contributed by atoms with van der Waals surface area (Å²) in [5.41, 5.74) is 0.610. The van der Waals surface area contributed by atoms with Crippen LogP contribution in [0.15, 0.2) is 42.6 Å². The van der Waals surface area contributed by atoms with Crippen LogP contribution in [0.1, 0.15) is 12.8 Å². The number of aromatic hydroxyl groups is 1. The molecule has 1 aliphatic heterocycles. The lowest BCUT2D eigenvalue weighted by Gasteiger charge is -2.32. The van der Waals surface area contributed by atoms with Gasteiger partial charge in [0, 0.05) is 30.5 Å². The number of phenolic OH excluding ortho intramolecular Hbond substituents is 1. The summed E-state index contributed by atoms with van der Waals surface area (Å²) in [7, 11) is 0. The maximum absolute atomic E-state index is 12.3. The number of anilines is 2. The van der Waals surface area contributed by atoms with Crippen LogP contribution in [0.5, 0.6) is 5.75 Å². The molecule has 2 aromatic heterocycles. The van der Waals surface area contributed by atoms with Crippen molar-refractivity contribution >= 4 is 28.4 Å². The number of H-pyrrole nitrogens is 1. The van der Waals surface area contributed by atoms with Crippen LogP contribution < -0.4 is 10.2 Å². The molecule has 1 saturated heterocycles. The Labute approximate surface area is 144 Å². The lowest BCUT2D eigenvalue weighted by Crippen LogP contribution is -2.38. The molecule has 0 atom stereocenters. The second-order valence-corrected chi connectivity index (χ2v) is 6.24. The van der Waals surface area contributed by atoms with E-state index in [1.807, 2.05) is 24.3 Å². The number of rotatable bonds is 3. The van der Waals surface area contributed by atoms with Crippen molar-refractivity contribution in [3.63, 3.8) is 0 Å². The van der Waals surface area contributed by atoms with E-state index in [1.54, 1.807) is 18.3 Å². The average Bonchev–Trinajstić information content (AvgIpc) is 3.15. The Morgan fingerprint density at radius 3 is 2.80 bits per heavy atom. The second-order valence-electron chi connectivity index (χ2n) is 6.24. The van der Waals surface area contributed by atoms with Gasteiger partial charge in [-0.2, -0.15) is 5.10 Å². The highest BCUT2D eigenvalue weighted by molar-refractivity contribution is 5.91. The lowest BCUT2D eigenvalue weighted by atomic mass is 9.96. The fourth-order valence-corrected chi connectivity index (χ4v) is 3.23. The molecule has 0 saturated carbocycles. The van der Waals surface area contributed by atoms with Crippen molar-refractivity contribution in [2.45, 2.75) is 12.8 Å².